The highest BCUT2D eigenvalue weighted by atomic mass is 32.1. The molecule has 3 heterocycles. The fourth-order valence-corrected chi connectivity index (χ4v) is 3.08. The number of nitrogens with zero attached hydrogens (tertiary/aromatic N) is 3. The molecule has 3 rings (SSSR count). The van der Waals surface area contributed by atoms with E-state index in [2.05, 4.69) is 14.5 Å². The lowest BCUT2D eigenvalue weighted by atomic mass is 9.97. The van der Waals surface area contributed by atoms with Crippen molar-refractivity contribution >= 4 is 11.3 Å². The summed E-state index contributed by atoms with van der Waals surface area (Å²) in [5, 5.41) is 3.16. The van der Waals surface area contributed by atoms with Crippen molar-refractivity contribution in [2.24, 2.45) is 11.7 Å². The van der Waals surface area contributed by atoms with Gasteiger partial charge in [-0.05, 0) is 6.42 Å². The predicted molar refractivity (Wildman–Crippen MR) is 73.9 cm³/mol. The lowest BCUT2D eigenvalue weighted by Gasteiger charge is -2.19. The predicted octanol–water partition coefficient (Wildman–Crippen LogP) is 1.62. The van der Waals surface area contributed by atoms with E-state index in [4.69, 9.17) is 10.5 Å². The zero-order chi connectivity index (χ0) is 13.1. The molecule has 2 unspecified atom stereocenters. The molecule has 19 heavy (non-hydrogen) atoms. The van der Waals surface area contributed by atoms with Gasteiger partial charge < -0.3 is 15.0 Å². The van der Waals surface area contributed by atoms with Crippen molar-refractivity contribution in [1.29, 1.82) is 0 Å². The topological polar surface area (TPSA) is 66.0 Å². The van der Waals surface area contributed by atoms with Crippen LogP contribution >= 0.6 is 11.3 Å². The molecule has 0 bridgehead atoms. The van der Waals surface area contributed by atoms with Gasteiger partial charge in [0.05, 0.1) is 29.7 Å². The van der Waals surface area contributed by atoms with Gasteiger partial charge in [-0.25, -0.2) is 9.97 Å². The number of nitrogens with two attached hydrogens (primary N) is 1. The van der Waals surface area contributed by atoms with E-state index in [-0.39, 0.29) is 6.04 Å². The van der Waals surface area contributed by atoms with Crippen LogP contribution in [0.2, 0.25) is 0 Å². The molecule has 1 fully saturated rings. The molecule has 0 spiro atoms. The summed E-state index contributed by atoms with van der Waals surface area (Å²) in [6.45, 7) is 2.47. The summed E-state index contributed by atoms with van der Waals surface area (Å²) in [6.07, 6.45) is 7.55. The summed E-state index contributed by atoms with van der Waals surface area (Å²) in [6, 6.07) is 0.0151. The van der Waals surface area contributed by atoms with Gasteiger partial charge in [-0.15, -0.1) is 11.3 Å². The Balaban J connectivity index is 1.67. The fourth-order valence-electron chi connectivity index (χ4n) is 2.47. The zero-order valence-electron chi connectivity index (χ0n) is 10.7. The van der Waals surface area contributed by atoms with Crippen molar-refractivity contribution < 1.29 is 4.74 Å². The van der Waals surface area contributed by atoms with E-state index in [1.165, 1.54) is 0 Å². The Morgan fingerprint density at radius 2 is 2.53 bits per heavy atom. The van der Waals surface area contributed by atoms with Crippen LogP contribution in [0.15, 0.2) is 24.1 Å². The smallest absolute Gasteiger partial charge is 0.0948 e. The molecule has 5 nitrogen and oxygen atoms in total. The van der Waals surface area contributed by atoms with E-state index in [1.54, 1.807) is 11.3 Å². The first-order valence-electron chi connectivity index (χ1n) is 6.56. The Morgan fingerprint density at radius 1 is 1.58 bits per heavy atom. The Hall–Kier alpha value is -1.24. The molecule has 6 heteroatoms. The lowest BCUT2D eigenvalue weighted by molar-refractivity contribution is 0.180. The van der Waals surface area contributed by atoms with Crippen LogP contribution in [0.4, 0.5) is 0 Å². The van der Waals surface area contributed by atoms with Crippen LogP contribution < -0.4 is 5.73 Å². The normalized spacial score (nSPS) is 20.8. The average Bonchev–Trinajstić information content (AvgIpc) is 3.16. The van der Waals surface area contributed by atoms with Crippen molar-refractivity contribution in [3.63, 3.8) is 0 Å². The molecule has 2 atom stereocenters. The molecule has 2 aromatic rings. The highest BCUT2D eigenvalue weighted by Crippen LogP contribution is 2.26. The number of ether oxygens (including phenoxy) is 1. The molecular formula is C13H18N4OS. The zero-order valence-corrected chi connectivity index (χ0v) is 11.6. The molecule has 0 aromatic carbocycles. The summed E-state index contributed by atoms with van der Waals surface area (Å²) < 4.78 is 7.56. The van der Waals surface area contributed by atoms with Crippen LogP contribution in [0.1, 0.15) is 23.2 Å². The largest absolute Gasteiger partial charge is 0.381 e. The number of hydrogen-bond acceptors (Lipinski definition) is 5. The van der Waals surface area contributed by atoms with Crippen LogP contribution in [0, 0.1) is 5.92 Å². The van der Waals surface area contributed by atoms with Crippen molar-refractivity contribution in [2.45, 2.75) is 25.4 Å². The minimum absolute atomic E-state index is 0.0151. The first kappa shape index (κ1) is 12.8. The number of rotatable bonds is 5. The summed E-state index contributed by atoms with van der Waals surface area (Å²) in [4.78, 5) is 8.54. The molecule has 2 N–H and O–H groups in total. The summed E-state index contributed by atoms with van der Waals surface area (Å²) >= 11 is 1.69. The monoisotopic (exact) mass is 278 g/mol. The van der Waals surface area contributed by atoms with E-state index in [0.717, 1.165) is 43.3 Å². The van der Waals surface area contributed by atoms with Crippen molar-refractivity contribution in [1.82, 2.24) is 14.5 Å². The maximum Gasteiger partial charge on any atom is 0.0948 e. The SMILES string of the molecule is NC(c1cncn1CCc1nccs1)C1CCOC1. The molecule has 0 saturated carbocycles. The van der Waals surface area contributed by atoms with Crippen molar-refractivity contribution in [3.8, 4) is 0 Å². The minimum atomic E-state index is 0.0151. The van der Waals surface area contributed by atoms with Gasteiger partial charge in [-0.1, -0.05) is 0 Å². The van der Waals surface area contributed by atoms with Crippen LogP contribution in [0.5, 0.6) is 0 Å². The molecule has 1 aliphatic heterocycles. The van der Waals surface area contributed by atoms with E-state index in [1.807, 2.05) is 24.1 Å². The van der Waals surface area contributed by atoms with Gasteiger partial charge in [0.15, 0.2) is 0 Å². The first-order valence-corrected chi connectivity index (χ1v) is 7.44. The van der Waals surface area contributed by atoms with Crippen LogP contribution in [0.3, 0.4) is 0 Å². The summed E-state index contributed by atoms with van der Waals surface area (Å²) in [5.41, 5.74) is 7.44. The third kappa shape index (κ3) is 2.86. The van der Waals surface area contributed by atoms with Gasteiger partial charge in [0.2, 0.25) is 0 Å². The van der Waals surface area contributed by atoms with Crippen LogP contribution in [-0.4, -0.2) is 27.7 Å². The Kier molecular flexibility index (Phi) is 3.91. The van der Waals surface area contributed by atoms with Crippen LogP contribution in [-0.2, 0) is 17.7 Å². The van der Waals surface area contributed by atoms with E-state index < -0.39 is 0 Å². The minimum Gasteiger partial charge on any atom is -0.381 e. The summed E-state index contributed by atoms with van der Waals surface area (Å²) in [5.74, 6) is 0.412. The molecule has 0 aliphatic carbocycles. The number of hydrogen-bond donors (Lipinski definition) is 1. The Labute approximate surface area is 116 Å². The van der Waals surface area contributed by atoms with Gasteiger partial charge >= 0.3 is 0 Å². The second kappa shape index (κ2) is 5.81. The lowest BCUT2D eigenvalue weighted by Crippen LogP contribution is -2.24. The average molecular weight is 278 g/mol. The fraction of sp³-hybridized carbons (Fsp3) is 0.538. The molecular weight excluding hydrogens is 260 g/mol. The van der Waals surface area contributed by atoms with Gasteiger partial charge in [0.1, 0.15) is 0 Å². The number of thiazole rings is 1. The van der Waals surface area contributed by atoms with Crippen LogP contribution in [0.25, 0.3) is 0 Å². The Bertz CT molecular complexity index is 504. The van der Waals surface area contributed by atoms with Gasteiger partial charge in [-0.3, -0.25) is 0 Å². The van der Waals surface area contributed by atoms with Crippen molar-refractivity contribution in [3.05, 3.63) is 34.8 Å². The number of imidazole rings is 1. The molecule has 0 radical (unpaired) electrons. The molecule has 0 amide bonds. The van der Waals surface area contributed by atoms with Gasteiger partial charge in [-0.2, -0.15) is 0 Å². The van der Waals surface area contributed by atoms with Crippen molar-refractivity contribution in [2.75, 3.05) is 13.2 Å². The maximum absolute atomic E-state index is 6.34. The molecule has 1 aliphatic rings. The van der Waals surface area contributed by atoms with E-state index in [9.17, 15) is 0 Å². The standard InChI is InChI=1S/C13H18N4OS/c14-13(10-2-5-18-8-10)11-7-15-9-17(11)4-1-12-16-3-6-19-12/h3,6-7,9-10,13H,1-2,4-5,8,14H2. The Morgan fingerprint density at radius 3 is 3.26 bits per heavy atom. The molecule has 2 aromatic heterocycles. The second-order valence-corrected chi connectivity index (χ2v) is 5.82. The third-order valence-corrected chi connectivity index (χ3v) is 4.45. The highest BCUT2D eigenvalue weighted by Gasteiger charge is 2.26. The quantitative estimate of drug-likeness (QED) is 0.902. The summed E-state index contributed by atoms with van der Waals surface area (Å²) in [7, 11) is 0. The second-order valence-electron chi connectivity index (χ2n) is 4.84. The third-order valence-electron chi connectivity index (χ3n) is 3.61. The number of aromatic nitrogens is 3. The van der Waals surface area contributed by atoms with E-state index >= 15 is 0 Å². The number of aryl methyl sites for hydroxylation is 2. The molecule has 1 saturated heterocycles. The first-order chi connectivity index (χ1) is 9.34. The highest BCUT2D eigenvalue weighted by molar-refractivity contribution is 7.09. The van der Waals surface area contributed by atoms with E-state index in [0.29, 0.717) is 5.92 Å². The van der Waals surface area contributed by atoms with Gasteiger partial charge in [0.25, 0.3) is 0 Å². The maximum atomic E-state index is 6.34. The molecule has 102 valence electrons. The van der Waals surface area contributed by atoms with Gasteiger partial charge in [0, 0.05) is 43.3 Å².